The first kappa shape index (κ1) is 34.3. The van der Waals surface area contributed by atoms with Crippen molar-refractivity contribution in [1.29, 1.82) is 0 Å². The minimum Gasteiger partial charge on any atom is -0.456 e. The summed E-state index contributed by atoms with van der Waals surface area (Å²) in [5, 5.41) is 4.56. The fourth-order valence-corrected chi connectivity index (χ4v) is 8.21. The van der Waals surface area contributed by atoms with Gasteiger partial charge in [-0.25, -0.2) is 15.0 Å². The van der Waals surface area contributed by atoms with Gasteiger partial charge in [0.1, 0.15) is 11.2 Å². The molecule has 0 aliphatic heterocycles. The normalized spacial score (nSPS) is 11.4. The van der Waals surface area contributed by atoms with E-state index >= 15 is 0 Å². The van der Waals surface area contributed by atoms with Gasteiger partial charge in [-0.1, -0.05) is 182 Å². The van der Waals surface area contributed by atoms with Crippen LogP contribution in [0.15, 0.2) is 217 Å². The van der Waals surface area contributed by atoms with Gasteiger partial charge in [-0.2, -0.15) is 0 Å². The van der Waals surface area contributed by atoms with E-state index in [-0.39, 0.29) is 0 Å². The van der Waals surface area contributed by atoms with Gasteiger partial charge in [0.05, 0.1) is 0 Å². The maximum Gasteiger partial charge on any atom is 0.164 e. The Labute approximate surface area is 341 Å². The van der Waals surface area contributed by atoms with Gasteiger partial charge in [0, 0.05) is 27.5 Å². The first-order valence-electron chi connectivity index (χ1n) is 19.8. The van der Waals surface area contributed by atoms with Crippen LogP contribution in [0.3, 0.4) is 0 Å². The summed E-state index contributed by atoms with van der Waals surface area (Å²) in [5.41, 5.74) is 13.5. The SMILES string of the molecule is c1ccc(-c2cccc(-c3nc(-c4ccc(-c5cccc6ccccc56)cc4)nc(-c4ccc5c(c4)oc4cccc(-c6cccc(-c7ccccc7)c6)c45)n3)c2)cc1. The maximum absolute atomic E-state index is 6.60. The molecule has 0 aliphatic rings. The highest BCUT2D eigenvalue weighted by atomic mass is 16.3. The Hall–Kier alpha value is -7.95. The summed E-state index contributed by atoms with van der Waals surface area (Å²) in [6, 6.07) is 74.0. The largest absolute Gasteiger partial charge is 0.456 e. The van der Waals surface area contributed by atoms with Crippen molar-refractivity contribution in [3.63, 3.8) is 0 Å². The van der Waals surface area contributed by atoms with E-state index in [1.807, 2.05) is 18.2 Å². The lowest BCUT2D eigenvalue weighted by molar-refractivity contribution is 0.669. The van der Waals surface area contributed by atoms with Crippen molar-refractivity contribution in [3.05, 3.63) is 212 Å². The molecule has 9 aromatic carbocycles. The fourth-order valence-electron chi connectivity index (χ4n) is 8.21. The van der Waals surface area contributed by atoms with Gasteiger partial charge >= 0.3 is 0 Å². The fraction of sp³-hybridized carbons (Fsp3) is 0. The predicted octanol–water partition coefficient (Wildman–Crippen LogP) is 14.6. The molecule has 4 heteroatoms. The van der Waals surface area contributed by atoms with Crippen LogP contribution in [0.25, 0.3) is 111 Å². The van der Waals surface area contributed by atoms with E-state index in [4.69, 9.17) is 19.4 Å². The summed E-state index contributed by atoms with van der Waals surface area (Å²) < 4.78 is 6.60. The van der Waals surface area contributed by atoms with Crippen LogP contribution >= 0.6 is 0 Å². The van der Waals surface area contributed by atoms with Crippen molar-refractivity contribution < 1.29 is 4.42 Å². The Morgan fingerprint density at radius 2 is 0.763 bits per heavy atom. The molecule has 0 atom stereocenters. The summed E-state index contributed by atoms with van der Waals surface area (Å²) in [7, 11) is 0. The van der Waals surface area contributed by atoms with E-state index < -0.39 is 0 Å². The van der Waals surface area contributed by atoms with Gasteiger partial charge in [0.25, 0.3) is 0 Å². The molecule has 0 saturated carbocycles. The van der Waals surface area contributed by atoms with Gasteiger partial charge in [0.15, 0.2) is 17.5 Å². The van der Waals surface area contributed by atoms with E-state index in [1.165, 1.54) is 27.5 Å². The number of rotatable bonds is 7. The van der Waals surface area contributed by atoms with Crippen LogP contribution in [0.2, 0.25) is 0 Å². The predicted molar refractivity (Wildman–Crippen MR) is 243 cm³/mol. The first-order chi connectivity index (χ1) is 29.2. The molecule has 0 fully saturated rings. The van der Waals surface area contributed by atoms with E-state index in [0.29, 0.717) is 17.5 Å². The number of nitrogens with zero attached hydrogens (tertiary/aromatic N) is 3. The molecule has 59 heavy (non-hydrogen) atoms. The molecule has 4 nitrogen and oxygen atoms in total. The second-order valence-corrected chi connectivity index (χ2v) is 14.8. The summed E-state index contributed by atoms with van der Waals surface area (Å²) in [6.07, 6.45) is 0. The minimum absolute atomic E-state index is 0.575. The highest BCUT2D eigenvalue weighted by Crippen LogP contribution is 2.39. The van der Waals surface area contributed by atoms with Gasteiger partial charge in [-0.3, -0.25) is 0 Å². The van der Waals surface area contributed by atoms with Gasteiger partial charge in [-0.05, 0) is 85.6 Å². The van der Waals surface area contributed by atoms with Crippen molar-refractivity contribution in [1.82, 2.24) is 15.0 Å². The molecule has 0 N–H and O–H groups in total. The molecule has 0 unspecified atom stereocenters. The standard InChI is InChI=1S/C55H35N3O/c1-3-13-36(14-4-1)41-19-9-21-43(33-41)48-25-12-26-50-52(48)49-32-31-45(35-51(49)59-50)55-57-53(56-54(58-55)44-22-10-20-42(34-44)37-15-5-2-6-16-37)40-29-27-39(28-30-40)47-24-11-18-38-17-7-8-23-46(38)47/h1-35H. The molecule has 2 heterocycles. The first-order valence-corrected chi connectivity index (χ1v) is 19.8. The molecule has 0 spiro atoms. The number of furan rings is 1. The number of benzene rings is 9. The number of fused-ring (bicyclic) bond motifs is 4. The maximum atomic E-state index is 6.60. The third-order valence-corrected chi connectivity index (χ3v) is 11.1. The van der Waals surface area contributed by atoms with Crippen LogP contribution in [0, 0.1) is 0 Å². The molecule has 0 radical (unpaired) electrons. The molecular weight excluding hydrogens is 719 g/mol. The molecule has 11 rings (SSSR count). The van der Waals surface area contributed by atoms with Crippen LogP contribution < -0.4 is 0 Å². The minimum atomic E-state index is 0.575. The number of hydrogen-bond acceptors (Lipinski definition) is 4. The summed E-state index contributed by atoms with van der Waals surface area (Å²) in [5.74, 6) is 1.78. The van der Waals surface area contributed by atoms with Crippen LogP contribution in [-0.4, -0.2) is 15.0 Å². The van der Waals surface area contributed by atoms with Crippen molar-refractivity contribution in [2.24, 2.45) is 0 Å². The number of aromatic nitrogens is 3. The highest BCUT2D eigenvalue weighted by molar-refractivity contribution is 6.13. The van der Waals surface area contributed by atoms with Crippen molar-refractivity contribution in [3.8, 4) is 78.7 Å². The Morgan fingerprint density at radius 3 is 1.49 bits per heavy atom. The van der Waals surface area contributed by atoms with E-state index in [1.54, 1.807) is 0 Å². The second kappa shape index (κ2) is 14.5. The van der Waals surface area contributed by atoms with Crippen LogP contribution in [0.1, 0.15) is 0 Å². The third kappa shape index (κ3) is 6.43. The van der Waals surface area contributed by atoms with Crippen molar-refractivity contribution in [2.45, 2.75) is 0 Å². The molecule has 276 valence electrons. The van der Waals surface area contributed by atoms with Crippen LogP contribution in [-0.2, 0) is 0 Å². The lowest BCUT2D eigenvalue weighted by Gasteiger charge is -2.11. The van der Waals surface area contributed by atoms with Crippen molar-refractivity contribution >= 4 is 32.7 Å². The molecule has 0 bridgehead atoms. The zero-order chi connectivity index (χ0) is 39.1. The van der Waals surface area contributed by atoms with E-state index in [0.717, 1.165) is 66.4 Å². The topological polar surface area (TPSA) is 51.8 Å². The Balaban J connectivity index is 1.03. The molecular formula is C55H35N3O. The van der Waals surface area contributed by atoms with E-state index in [2.05, 4.69) is 194 Å². The zero-order valence-corrected chi connectivity index (χ0v) is 32.0. The Bertz CT molecular complexity index is 3310. The highest BCUT2D eigenvalue weighted by Gasteiger charge is 2.18. The molecule has 0 saturated heterocycles. The zero-order valence-electron chi connectivity index (χ0n) is 32.0. The molecule has 0 amide bonds. The van der Waals surface area contributed by atoms with E-state index in [9.17, 15) is 0 Å². The second-order valence-electron chi connectivity index (χ2n) is 14.8. The average molecular weight is 754 g/mol. The quantitative estimate of drug-likeness (QED) is 0.163. The average Bonchev–Trinajstić information content (AvgIpc) is 3.70. The Morgan fingerprint density at radius 1 is 0.271 bits per heavy atom. The van der Waals surface area contributed by atoms with Crippen molar-refractivity contribution in [2.75, 3.05) is 0 Å². The molecule has 2 aromatic heterocycles. The summed E-state index contributed by atoms with van der Waals surface area (Å²) in [6.45, 7) is 0. The van der Waals surface area contributed by atoms with Gasteiger partial charge in [-0.15, -0.1) is 0 Å². The number of hydrogen-bond donors (Lipinski definition) is 0. The summed E-state index contributed by atoms with van der Waals surface area (Å²) >= 11 is 0. The van der Waals surface area contributed by atoms with Crippen LogP contribution in [0.5, 0.6) is 0 Å². The summed E-state index contributed by atoms with van der Waals surface area (Å²) in [4.78, 5) is 15.4. The van der Waals surface area contributed by atoms with Gasteiger partial charge < -0.3 is 4.42 Å². The van der Waals surface area contributed by atoms with Gasteiger partial charge in [0.2, 0.25) is 0 Å². The Kier molecular flexibility index (Phi) is 8.45. The lowest BCUT2D eigenvalue weighted by Crippen LogP contribution is -2.00. The third-order valence-electron chi connectivity index (χ3n) is 11.1. The smallest absolute Gasteiger partial charge is 0.164 e. The van der Waals surface area contributed by atoms with Crippen LogP contribution in [0.4, 0.5) is 0 Å². The molecule has 11 aromatic rings. The monoisotopic (exact) mass is 753 g/mol. The lowest BCUT2D eigenvalue weighted by atomic mass is 9.96. The molecule has 0 aliphatic carbocycles.